The molecule has 1 saturated carbocycles. The van der Waals surface area contributed by atoms with E-state index in [1.54, 1.807) is 6.07 Å². The number of anilines is 1. The molecule has 1 aromatic heterocycles. The molecule has 154 valence electrons. The molecule has 1 saturated heterocycles. The quantitative estimate of drug-likeness (QED) is 0.719. The maximum atomic E-state index is 12.8. The van der Waals surface area contributed by atoms with Gasteiger partial charge >= 0.3 is 0 Å². The Morgan fingerprint density at radius 2 is 1.79 bits per heavy atom. The third-order valence-electron chi connectivity index (χ3n) is 5.71. The first kappa shape index (κ1) is 19.8. The highest BCUT2D eigenvalue weighted by Crippen LogP contribution is 2.23. The molecule has 6 nitrogen and oxygen atoms in total. The van der Waals surface area contributed by atoms with Gasteiger partial charge in [-0.1, -0.05) is 56.0 Å². The summed E-state index contributed by atoms with van der Waals surface area (Å²) in [5.74, 6) is 1.13. The molecular formula is C23H30N4O2. The van der Waals surface area contributed by atoms with Crippen molar-refractivity contribution in [3.63, 3.8) is 0 Å². The molecular weight excluding hydrogens is 364 g/mol. The van der Waals surface area contributed by atoms with Crippen molar-refractivity contribution in [3.8, 4) is 11.4 Å². The molecule has 29 heavy (non-hydrogen) atoms. The zero-order valence-corrected chi connectivity index (χ0v) is 16.9. The SMILES string of the molecule is O=C(NCC1CCCO1)c1cc(NC2CCCCCC2)nc(-c2ccccc2)n1. The summed E-state index contributed by atoms with van der Waals surface area (Å²) in [7, 11) is 0. The van der Waals surface area contributed by atoms with Crippen molar-refractivity contribution in [2.24, 2.45) is 0 Å². The predicted molar refractivity (Wildman–Crippen MR) is 114 cm³/mol. The Morgan fingerprint density at radius 3 is 2.52 bits per heavy atom. The van der Waals surface area contributed by atoms with Crippen LogP contribution in [0, 0.1) is 0 Å². The van der Waals surface area contributed by atoms with Gasteiger partial charge in [-0.05, 0) is 25.7 Å². The Labute approximate surface area is 172 Å². The molecule has 2 N–H and O–H groups in total. The molecule has 6 heteroatoms. The van der Waals surface area contributed by atoms with E-state index in [0.717, 1.165) is 43.7 Å². The topological polar surface area (TPSA) is 76.1 Å². The van der Waals surface area contributed by atoms with Crippen molar-refractivity contribution < 1.29 is 9.53 Å². The Kier molecular flexibility index (Phi) is 6.72. The average Bonchev–Trinajstić information content (AvgIpc) is 3.16. The van der Waals surface area contributed by atoms with Crippen LogP contribution < -0.4 is 10.6 Å². The fourth-order valence-corrected chi connectivity index (χ4v) is 4.09. The zero-order chi connectivity index (χ0) is 19.9. The molecule has 1 atom stereocenters. The lowest BCUT2D eigenvalue weighted by atomic mass is 10.1. The van der Waals surface area contributed by atoms with E-state index in [1.807, 2.05) is 30.3 Å². The second-order valence-electron chi connectivity index (χ2n) is 8.01. The normalized spacial score (nSPS) is 20.2. The average molecular weight is 395 g/mol. The molecule has 1 aliphatic carbocycles. The minimum absolute atomic E-state index is 0.109. The second kappa shape index (κ2) is 9.83. The summed E-state index contributed by atoms with van der Waals surface area (Å²) in [5, 5.41) is 6.55. The van der Waals surface area contributed by atoms with E-state index in [0.29, 0.717) is 24.1 Å². The van der Waals surface area contributed by atoms with Gasteiger partial charge in [-0.2, -0.15) is 0 Å². The molecule has 0 radical (unpaired) electrons. The van der Waals surface area contributed by atoms with Gasteiger partial charge in [0.2, 0.25) is 0 Å². The van der Waals surface area contributed by atoms with Crippen LogP contribution in [0.2, 0.25) is 0 Å². The molecule has 1 aromatic carbocycles. The van der Waals surface area contributed by atoms with Crippen molar-refractivity contribution >= 4 is 11.7 Å². The minimum atomic E-state index is -0.177. The van der Waals surface area contributed by atoms with Gasteiger partial charge in [0.25, 0.3) is 5.91 Å². The van der Waals surface area contributed by atoms with Gasteiger partial charge in [-0.3, -0.25) is 4.79 Å². The molecule has 1 unspecified atom stereocenters. The third-order valence-corrected chi connectivity index (χ3v) is 5.71. The van der Waals surface area contributed by atoms with Crippen molar-refractivity contribution in [1.29, 1.82) is 0 Å². The van der Waals surface area contributed by atoms with Crippen molar-refractivity contribution in [1.82, 2.24) is 15.3 Å². The highest BCUT2D eigenvalue weighted by atomic mass is 16.5. The second-order valence-corrected chi connectivity index (χ2v) is 8.01. The summed E-state index contributed by atoms with van der Waals surface area (Å²) >= 11 is 0. The Hall–Kier alpha value is -2.47. The number of hydrogen-bond donors (Lipinski definition) is 2. The number of nitrogens with one attached hydrogen (secondary N) is 2. The molecule has 2 heterocycles. The van der Waals surface area contributed by atoms with Crippen LogP contribution in [-0.4, -0.2) is 41.2 Å². The molecule has 2 aliphatic rings. The summed E-state index contributed by atoms with van der Waals surface area (Å²) in [6.07, 6.45) is 9.53. The predicted octanol–water partition coefficient (Wildman–Crippen LogP) is 4.19. The van der Waals surface area contributed by atoms with Crippen LogP contribution in [-0.2, 0) is 4.74 Å². The first-order chi connectivity index (χ1) is 14.3. The lowest BCUT2D eigenvalue weighted by Crippen LogP contribution is -2.32. The maximum Gasteiger partial charge on any atom is 0.270 e. The van der Waals surface area contributed by atoms with Crippen LogP contribution in [0.4, 0.5) is 5.82 Å². The molecule has 2 aromatic rings. The number of aromatic nitrogens is 2. The van der Waals surface area contributed by atoms with E-state index in [1.165, 1.54) is 25.7 Å². The van der Waals surface area contributed by atoms with E-state index in [9.17, 15) is 4.79 Å². The highest BCUT2D eigenvalue weighted by molar-refractivity contribution is 5.93. The van der Waals surface area contributed by atoms with Crippen LogP contribution >= 0.6 is 0 Å². The number of benzene rings is 1. The number of carbonyl (C=O) groups is 1. The summed E-state index contributed by atoms with van der Waals surface area (Å²) < 4.78 is 5.61. The third kappa shape index (κ3) is 5.54. The van der Waals surface area contributed by atoms with Crippen LogP contribution in [0.15, 0.2) is 36.4 Å². The van der Waals surface area contributed by atoms with Gasteiger partial charge in [-0.15, -0.1) is 0 Å². The highest BCUT2D eigenvalue weighted by Gasteiger charge is 2.19. The van der Waals surface area contributed by atoms with Gasteiger partial charge in [-0.25, -0.2) is 9.97 Å². The van der Waals surface area contributed by atoms with Crippen molar-refractivity contribution in [2.45, 2.75) is 63.5 Å². The van der Waals surface area contributed by atoms with Crippen LogP contribution in [0.3, 0.4) is 0 Å². The molecule has 1 aliphatic heterocycles. The summed E-state index contributed by atoms with van der Waals surface area (Å²) in [5.41, 5.74) is 1.30. The summed E-state index contributed by atoms with van der Waals surface area (Å²) in [6.45, 7) is 1.30. The van der Waals surface area contributed by atoms with Crippen molar-refractivity contribution in [2.75, 3.05) is 18.5 Å². The van der Waals surface area contributed by atoms with Gasteiger partial charge in [0.05, 0.1) is 6.10 Å². The van der Waals surface area contributed by atoms with E-state index < -0.39 is 0 Å². The number of ether oxygens (including phenoxy) is 1. The summed E-state index contributed by atoms with van der Waals surface area (Å²) in [6, 6.07) is 12.0. The minimum Gasteiger partial charge on any atom is -0.376 e. The van der Waals surface area contributed by atoms with Crippen LogP contribution in [0.5, 0.6) is 0 Å². The monoisotopic (exact) mass is 394 g/mol. The first-order valence-corrected chi connectivity index (χ1v) is 10.9. The lowest BCUT2D eigenvalue weighted by Gasteiger charge is -2.18. The first-order valence-electron chi connectivity index (χ1n) is 10.9. The largest absolute Gasteiger partial charge is 0.376 e. The molecule has 4 rings (SSSR count). The fraction of sp³-hybridized carbons (Fsp3) is 0.522. The Balaban J connectivity index is 1.54. The van der Waals surface area contributed by atoms with E-state index >= 15 is 0 Å². The van der Waals surface area contributed by atoms with E-state index in [-0.39, 0.29) is 12.0 Å². The number of carbonyl (C=O) groups excluding carboxylic acids is 1. The van der Waals surface area contributed by atoms with Crippen LogP contribution in [0.25, 0.3) is 11.4 Å². The lowest BCUT2D eigenvalue weighted by molar-refractivity contribution is 0.0853. The standard InChI is InChI=1S/C23H30N4O2/c28-23(24-16-19-13-8-14-29-19)20-15-21(25-18-11-6-1-2-7-12-18)27-22(26-20)17-9-4-3-5-10-17/h3-5,9-10,15,18-19H,1-2,6-8,11-14,16H2,(H,24,28)(H,25,26,27). The van der Waals surface area contributed by atoms with E-state index in [4.69, 9.17) is 9.72 Å². The molecule has 0 bridgehead atoms. The summed E-state index contributed by atoms with van der Waals surface area (Å²) in [4.78, 5) is 22.1. The van der Waals surface area contributed by atoms with Gasteiger partial charge in [0, 0.05) is 30.8 Å². The van der Waals surface area contributed by atoms with Gasteiger partial charge < -0.3 is 15.4 Å². The maximum absolute atomic E-state index is 12.8. The molecule has 0 spiro atoms. The molecule has 1 amide bonds. The van der Waals surface area contributed by atoms with E-state index in [2.05, 4.69) is 15.6 Å². The van der Waals surface area contributed by atoms with Gasteiger partial charge in [0.1, 0.15) is 11.5 Å². The number of nitrogens with zero attached hydrogens (tertiary/aromatic N) is 2. The molecule has 2 fully saturated rings. The van der Waals surface area contributed by atoms with Crippen molar-refractivity contribution in [3.05, 3.63) is 42.1 Å². The van der Waals surface area contributed by atoms with Gasteiger partial charge in [0.15, 0.2) is 5.82 Å². The Morgan fingerprint density at radius 1 is 1.00 bits per heavy atom. The Bertz CT molecular complexity index is 798. The number of amides is 1. The van der Waals surface area contributed by atoms with Crippen LogP contribution in [0.1, 0.15) is 61.9 Å². The fourth-order valence-electron chi connectivity index (χ4n) is 4.09. The zero-order valence-electron chi connectivity index (χ0n) is 16.9. The smallest absolute Gasteiger partial charge is 0.270 e. The number of hydrogen-bond acceptors (Lipinski definition) is 5. The number of rotatable bonds is 6.